The molecule has 1 aromatic carbocycles. The van der Waals surface area contributed by atoms with Gasteiger partial charge in [-0.1, -0.05) is 36.5 Å². The van der Waals surface area contributed by atoms with E-state index in [1.54, 1.807) is 28.9 Å². The average Bonchev–Trinajstić information content (AvgIpc) is 2.99. The Morgan fingerprint density at radius 2 is 1.76 bits per heavy atom. The van der Waals surface area contributed by atoms with Crippen LogP contribution in [0.15, 0.2) is 36.4 Å². The predicted molar refractivity (Wildman–Crippen MR) is 95.7 cm³/mol. The first-order valence-electron chi connectivity index (χ1n) is 7.67. The molecule has 6 nitrogen and oxygen atoms in total. The minimum Gasteiger partial charge on any atom is -0.470 e. The van der Waals surface area contributed by atoms with Crippen LogP contribution in [-0.2, 0) is 6.61 Å². The maximum atomic E-state index is 13.2. The van der Waals surface area contributed by atoms with Gasteiger partial charge in [-0.15, -0.1) is 15.3 Å². The van der Waals surface area contributed by atoms with Gasteiger partial charge in [0.15, 0.2) is 5.15 Å². The molecule has 0 radical (unpaired) electrons. The number of benzene rings is 1. The summed E-state index contributed by atoms with van der Waals surface area (Å²) in [5, 5.41) is 17.5. The molecule has 2 heterocycles. The van der Waals surface area contributed by atoms with E-state index in [2.05, 4.69) is 40.2 Å². The molecule has 0 atom stereocenters. The third-order valence-corrected chi connectivity index (χ3v) is 5.52. The first-order chi connectivity index (χ1) is 11.8. The molecular formula is C16H17ClFN5OSi. The van der Waals surface area contributed by atoms with E-state index in [4.69, 9.17) is 16.3 Å². The molecule has 0 aliphatic carbocycles. The number of hydrogen-bond donors (Lipinski definition) is 0. The molecule has 0 N–H and O–H groups in total. The lowest BCUT2D eigenvalue weighted by molar-refractivity contribution is 0.283. The van der Waals surface area contributed by atoms with Crippen LogP contribution in [0.1, 0.15) is 5.69 Å². The molecule has 0 spiro atoms. The van der Waals surface area contributed by atoms with Crippen molar-refractivity contribution in [2.24, 2.45) is 0 Å². The molecule has 0 unspecified atom stereocenters. The van der Waals surface area contributed by atoms with Gasteiger partial charge < -0.3 is 4.74 Å². The van der Waals surface area contributed by atoms with Crippen LogP contribution >= 0.6 is 11.6 Å². The van der Waals surface area contributed by atoms with Crippen LogP contribution in [0.5, 0.6) is 5.88 Å². The molecule has 2 aromatic heterocycles. The smallest absolute Gasteiger partial charge is 0.233 e. The van der Waals surface area contributed by atoms with E-state index >= 15 is 0 Å². The number of rotatable bonds is 5. The predicted octanol–water partition coefficient (Wildman–Crippen LogP) is 2.97. The fraction of sp³-hybridized carbons (Fsp3) is 0.250. The van der Waals surface area contributed by atoms with Gasteiger partial charge in [0, 0.05) is 6.07 Å². The standard InChI is InChI=1S/C16H17ClFN5OSi/c1-25(2,3)16-13(10-24-15-9-8-14(17)19-20-15)23(22-21-16)12-6-4-11(18)5-7-12/h4-9H,10H2,1-3H3. The molecule has 0 bridgehead atoms. The Labute approximate surface area is 150 Å². The Balaban J connectivity index is 1.95. The highest BCUT2D eigenvalue weighted by molar-refractivity contribution is 6.88. The van der Waals surface area contributed by atoms with Crippen LogP contribution in [0.2, 0.25) is 24.8 Å². The number of hydrogen-bond acceptors (Lipinski definition) is 5. The third kappa shape index (κ3) is 4.02. The summed E-state index contributed by atoms with van der Waals surface area (Å²) >= 11 is 5.74. The lowest BCUT2D eigenvalue weighted by Gasteiger charge is -2.16. The van der Waals surface area contributed by atoms with E-state index < -0.39 is 8.07 Å². The highest BCUT2D eigenvalue weighted by Gasteiger charge is 2.27. The van der Waals surface area contributed by atoms with Crippen molar-refractivity contribution in [3.05, 3.63) is 53.1 Å². The van der Waals surface area contributed by atoms with E-state index in [0.717, 1.165) is 16.7 Å². The summed E-state index contributed by atoms with van der Waals surface area (Å²) in [5.41, 5.74) is 1.54. The van der Waals surface area contributed by atoms with Gasteiger partial charge in [0.1, 0.15) is 26.2 Å². The van der Waals surface area contributed by atoms with E-state index in [1.807, 2.05) is 0 Å². The molecule has 25 heavy (non-hydrogen) atoms. The zero-order valence-corrected chi connectivity index (χ0v) is 15.8. The van der Waals surface area contributed by atoms with E-state index in [1.165, 1.54) is 12.1 Å². The molecule has 3 rings (SSSR count). The van der Waals surface area contributed by atoms with Crippen LogP contribution in [-0.4, -0.2) is 33.3 Å². The Bertz CT molecular complexity index is 862. The van der Waals surface area contributed by atoms with Gasteiger partial charge >= 0.3 is 0 Å². The van der Waals surface area contributed by atoms with Crippen molar-refractivity contribution in [1.82, 2.24) is 25.2 Å². The van der Waals surface area contributed by atoms with Crippen LogP contribution in [0.3, 0.4) is 0 Å². The van der Waals surface area contributed by atoms with Crippen molar-refractivity contribution >= 4 is 25.0 Å². The van der Waals surface area contributed by atoms with E-state index in [9.17, 15) is 4.39 Å². The van der Waals surface area contributed by atoms with Crippen molar-refractivity contribution in [2.75, 3.05) is 0 Å². The Morgan fingerprint density at radius 3 is 2.36 bits per heavy atom. The van der Waals surface area contributed by atoms with Crippen LogP contribution < -0.4 is 10.1 Å². The minimum absolute atomic E-state index is 0.223. The first-order valence-corrected chi connectivity index (χ1v) is 11.6. The lowest BCUT2D eigenvalue weighted by atomic mass is 10.3. The van der Waals surface area contributed by atoms with Gasteiger partial charge in [-0.25, -0.2) is 9.07 Å². The quantitative estimate of drug-likeness (QED) is 0.639. The minimum atomic E-state index is -1.75. The molecule has 3 aromatic rings. The maximum Gasteiger partial charge on any atom is 0.233 e. The van der Waals surface area contributed by atoms with Gasteiger partial charge in [-0.05, 0) is 30.3 Å². The second kappa shape index (κ2) is 6.89. The number of ether oxygens (including phenoxy) is 1. The molecule has 9 heteroatoms. The topological polar surface area (TPSA) is 65.7 Å². The summed E-state index contributed by atoms with van der Waals surface area (Å²) in [6, 6.07) is 9.35. The second-order valence-electron chi connectivity index (χ2n) is 6.51. The first kappa shape index (κ1) is 17.5. The molecule has 0 saturated carbocycles. The van der Waals surface area contributed by atoms with E-state index in [0.29, 0.717) is 11.0 Å². The third-order valence-electron chi connectivity index (χ3n) is 3.51. The Kier molecular flexibility index (Phi) is 4.82. The summed E-state index contributed by atoms with van der Waals surface area (Å²) in [4.78, 5) is 0. The van der Waals surface area contributed by atoms with Crippen LogP contribution in [0.25, 0.3) is 5.69 Å². The normalized spacial score (nSPS) is 11.6. The molecular weight excluding hydrogens is 361 g/mol. The second-order valence-corrected chi connectivity index (χ2v) is 11.9. The highest BCUT2D eigenvalue weighted by atomic mass is 35.5. The SMILES string of the molecule is C[Si](C)(C)c1nnn(-c2ccc(F)cc2)c1COc1ccc(Cl)nn1. The number of nitrogens with zero attached hydrogens (tertiary/aromatic N) is 5. The van der Waals surface area contributed by atoms with Crippen molar-refractivity contribution in [3.63, 3.8) is 0 Å². The summed E-state index contributed by atoms with van der Waals surface area (Å²) in [7, 11) is -1.75. The molecule has 0 saturated heterocycles. The largest absolute Gasteiger partial charge is 0.470 e. The lowest BCUT2D eigenvalue weighted by Crippen LogP contribution is -2.41. The van der Waals surface area contributed by atoms with Crippen LogP contribution in [0.4, 0.5) is 4.39 Å². The summed E-state index contributed by atoms with van der Waals surface area (Å²) in [6.45, 7) is 6.76. The van der Waals surface area contributed by atoms with Crippen LogP contribution in [0, 0.1) is 5.82 Å². The molecule has 130 valence electrons. The van der Waals surface area contributed by atoms with Gasteiger partial charge in [0.25, 0.3) is 0 Å². The molecule has 0 amide bonds. The van der Waals surface area contributed by atoms with Crippen molar-refractivity contribution in [2.45, 2.75) is 26.2 Å². The fourth-order valence-electron chi connectivity index (χ4n) is 2.33. The maximum absolute atomic E-state index is 13.2. The van der Waals surface area contributed by atoms with Gasteiger partial charge in [-0.3, -0.25) is 0 Å². The summed E-state index contributed by atoms with van der Waals surface area (Å²) in [6.07, 6.45) is 0. The number of aromatic nitrogens is 5. The van der Waals surface area contributed by atoms with Crippen molar-refractivity contribution in [1.29, 1.82) is 0 Å². The fourth-order valence-corrected chi connectivity index (χ4v) is 3.82. The van der Waals surface area contributed by atoms with Crippen molar-refractivity contribution < 1.29 is 9.13 Å². The molecule has 0 aliphatic rings. The van der Waals surface area contributed by atoms with Gasteiger partial charge in [0.05, 0.1) is 11.0 Å². The van der Waals surface area contributed by atoms with Crippen molar-refractivity contribution in [3.8, 4) is 11.6 Å². The van der Waals surface area contributed by atoms with E-state index in [-0.39, 0.29) is 12.4 Å². The monoisotopic (exact) mass is 377 g/mol. The zero-order valence-electron chi connectivity index (χ0n) is 14.1. The Morgan fingerprint density at radius 1 is 1.04 bits per heavy atom. The number of halogens is 2. The molecule has 0 aliphatic heterocycles. The zero-order chi connectivity index (χ0) is 18.0. The van der Waals surface area contributed by atoms with Gasteiger partial charge in [-0.2, -0.15) is 0 Å². The summed E-state index contributed by atoms with van der Waals surface area (Å²) in [5.74, 6) is 0.0568. The molecule has 0 fully saturated rings. The average molecular weight is 378 g/mol. The highest BCUT2D eigenvalue weighted by Crippen LogP contribution is 2.15. The Hall–Kier alpha value is -2.32. The van der Waals surface area contributed by atoms with Gasteiger partial charge in [0.2, 0.25) is 5.88 Å². The summed E-state index contributed by atoms with van der Waals surface area (Å²) < 4.78 is 20.6.